The Labute approximate surface area is 129 Å². The molecule has 0 spiro atoms. The van der Waals surface area contributed by atoms with Gasteiger partial charge in [-0.1, -0.05) is 0 Å². The van der Waals surface area contributed by atoms with E-state index < -0.39 is 6.09 Å². The van der Waals surface area contributed by atoms with Crippen molar-refractivity contribution in [2.24, 2.45) is 0 Å². The Kier molecular flexibility index (Phi) is 3.66. The zero-order valence-electron chi connectivity index (χ0n) is 11.1. The van der Waals surface area contributed by atoms with E-state index in [4.69, 9.17) is 4.74 Å². The lowest BCUT2D eigenvalue weighted by molar-refractivity contribution is 0.187. The van der Waals surface area contributed by atoms with Gasteiger partial charge in [0.05, 0.1) is 12.8 Å². The van der Waals surface area contributed by atoms with E-state index in [0.29, 0.717) is 5.69 Å². The summed E-state index contributed by atoms with van der Waals surface area (Å²) >= 11 is 3.34. The lowest BCUT2D eigenvalue weighted by Gasteiger charge is -2.11. The molecule has 0 saturated carbocycles. The lowest BCUT2D eigenvalue weighted by atomic mass is 10.2. The Bertz CT molecular complexity index is 693. The van der Waals surface area contributed by atoms with Crippen LogP contribution in [0, 0.1) is 0 Å². The fourth-order valence-corrected chi connectivity index (χ4v) is 2.40. The minimum atomic E-state index is -0.511. The number of pyridine rings is 1. The Morgan fingerprint density at radius 3 is 3.05 bits per heavy atom. The number of methoxy groups -OCH3 is 1. The number of amides is 1. The van der Waals surface area contributed by atoms with Gasteiger partial charge >= 0.3 is 6.09 Å². The maximum absolute atomic E-state index is 11.2. The van der Waals surface area contributed by atoms with Crippen molar-refractivity contribution in [2.75, 3.05) is 17.7 Å². The van der Waals surface area contributed by atoms with Crippen LogP contribution in [0.2, 0.25) is 0 Å². The van der Waals surface area contributed by atoms with E-state index in [2.05, 4.69) is 36.3 Å². The molecule has 0 bridgehead atoms. The highest BCUT2D eigenvalue weighted by Crippen LogP contribution is 2.39. The predicted molar refractivity (Wildman–Crippen MR) is 81.4 cm³/mol. The lowest BCUT2D eigenvalue weighted by Crippen LogP contribution is -2.11. The molecule has 1 aromatic heterocycles. The summed E-state index contributed by atoms with van der Waals surface area (Å²) in [6.07, 6.45) is 0.911. The van der Waals surface area contributed by atoms with Crippen LogP contribution in [0.15, 0.2) is 41.1 Å². The van der Waals surface area contributed by atoms with Crippen LogP contribution in [0.3, 0.4) is 0 Å². The number of carbonyl (C=O) groups excluding carboxylic acids is 1. The summed E-state index contributed by atoms with van der Waals surface area (Å²) in [6, 6.07) is 9.10. The summed E-state index contributed by atoms with van der Waals surface area (Å²) < 4.78 is 11.1. The van der Waals surface area contributed by atoms with Crippen molar-refractivity contribution in [2.45, 2.75) is 6.23 Å². The molecule has 1 amide bonds. The first-order valence-corrected chi connectivity index (χ1v) is 6.98. The normalized spacial score (nSPS) is 15.6. The molecule has 1 aromatic carbocycles. The Balaban J connectivity index is 1.79. The number of ether oxygens (including phenoxy) is 2. The van der Waals surface area contributed by atoms with Gasteiger partial charge in [0.2, 0.25) is 0 Å². The Hall–Kier alpha value is -2.28. The van der Waals surface area contributed by atoms with Crippen LogP contribution in [0.5, 0.6) is 5.75 Å². The molecule has 3 rings (SSSR count). The summed E-state index contributed by atoms with van der Waals surface area (Å²) in [6.45, 7) is 0. The molecule has 0 aliphatic carbocycles. The molecular formula is C14H12BrN3O3. The quantitative estimate of drug-likeness (QED) is 0.811. The second-order valence-corrected chi connectivity index (χ2v) is 5.19. The first-order chi connectivity index (χ1) is 10.2. The molecule has 2 heterocycles. The number of benzene rings is 1. The van der Waals surface area contributed by atoms with E-state index in [1.165, 1.54) is 7.11 Å². The molecular weight excluding hydrogens is 338 g/mol. The smallest absolute Gasteiger partial charge is 0.411 e. The SMILES string of the molecule is COC(=O)Nc1ccc2c(c1)NC(c1ccnc(Br)c1)O2. The topological polar surface area (TPSA) is 72.5 Å². The zero-order valence-corrected chi connectivity index (χ0v) is 12.7. The molecule has 0 saturated heterocycles. The molecule has 7 heteroatoms. The minimum Gasteiger partial charge on any atom is -0.464 e. The van der Waals surface area contributed by atoms with Gasteiger partial charge in [0.15, 0.2) is 6.23 Å². The molecule has 0 radical (unpaired) electrons. The van der Waals surface area contributed by atoms with Crippen LogP contribution in [-0.2, 0) is 4.74 Å². The number of halogens is 1. The van der Waals surface area contributed by atoms with E-state index in [1.54, 1.807) is 24.4 Å². The number of aromatic nitrogens is 1. The van der Waals surface area contributed by atoms with Gasteiger partial charge in [-0.05, 0) is 46.3 Å². The van der Waals surface area contributed by atoms with Crippen LogP contribution in [0.4, 0.5) is 16.2 Å². The number of anilines is 2. The van der Waals surface area contributed by atoms with E-state index in [9.17, 15) is 4.79 Å². The molecule has 6 nitrogen and oxygen atoms in total. The average molecular weight is 350 g/mol. The molecule has 21 heavy (non-hydrogen) atoms. The number of hydrogen-bond donors (Lipinski definition) is 2. The van der Waals surface area contributed by atoms with Crippen LogP contribution < -0.4 is 15.4 Å². The van der Waals surface area contributed by atoms with E-state index in [0.717, 1.165) is 21.6 Å². The third kappa shape index (κ3) is 2.92. The maximum Gasteiger partial charge on any atom is 0.411 e. The second-order valence-electron chi connectivity index (χ2n) is 4.38. The Morgan fingerprint density at radius 2 is 2.29 bits per heavy atom. The fourth-order valence-electron chi connectivity index (χ4n) is 2.02. The number of fused-ring (bicyclic) bond motifs is 1. The third-order valence-electron chi connectivity index (χ3n) is 3.00. The van der Waals surface area contributed by atoms with Crippen molar-refractivity contribution in [1.82, 2.24) is 4.98 Å². The standard InChI is InChI=1S/C14H12BrN3O3/c1-20-14(19)17-9-2-3-11-10(7-9)18-13(21-11)8-4-5-16-12(15)6-8/h2-7,13,18H,1H3,(H,17,19). The van der Waals surface area contributed by atoms with Gasteiger partial charge in [-0.25, -0.2) is 9.78 Å². The van der Waals surface area contributed by atoms with Gasteiger partial charge in [-0.2, -0.15) is 0 Å². The molecule has 108 valence electrons. The predicted octanol–water partition coefficient (Wildman–Crippen LogP) is 3.53. The summed E-state index contributed by atoms with van der Waals surface area (Å²) in [5.41, 5.74) is 2.39. The van der Waals surface area contributed by atoms with E-state index >= 15 is 0 Å². The first-order valence-electron chi connectivity index (χ1n) is 6.19. The summed E-state index contributed by atoms with van der Waals surface area (Å²) in [4.78, 5) is 15.3. The largest absolute Gasteiger partial charge is 0.464 e. The van der Waals surface area contributed by atoms with Crippen molar-refractivity contribution in [1.29, 1.82) is 0 Å². The first kappa shape index (κ1) is 13.7. The van der Waals surface area contributed by atoms with Crippen LogP contribution in [0.1, 0.15) is 11.8 Å². The van der Waals surface area contributed by atoms with Gasteiger partial charge in [0.1, 0.15) is 10.4 Å². The van der Waals surface area contributed by atoms with Gasteiger partial charge in [0.25, 0.3) is 0 Å². The highest BCUT2D eigenvalue weighted by molar-refractivity contribution is 9.10. The van der Waals surface area contributed by atoms with Crippen molar-refractivity contribution < 1.29 is 14.3 Å². The maximum atomic E-state index is 11.2. The van der Waals surface area contributed by atoms with Gasteiger partial charge in [-0.15, -0.1) is 0 Å². The van der Waals surface area contributed by atoms with Crippen molar-refractivity contribution in [3.8, 4) is 5.75 Å². The van der Waals surface area contributed by atoms with Crippen molar-refractivity contribution in [3.05, 3.63) is 46.7 Å². The second kappa shape index (κ2) is 5.61. The monoisotopic (exact) mass is 349 g/mol. The number of nitrogens with zero attached hydrogens (tertiary/aromatic N) is 1. The molecule has 2 N–H and O–H groups in total. The Morgan fingerprint density at radius 1 is 1.43 bits per heavy atom. The van der Waals surface area contributed by atoms with E-state index in [1.807, 2.05) is 12.1 Å². The summed E-state index contributed by atoms with van der Waals surface area (Å²) in [7, 11) is 1.32. The minimum absolute atomic E-state index is 0.285. The third-order valence-corrected chi connectivity index (χ3v) is 3.43. The highest BCUT2D eigenvalue weighted by atomic mass is 79.9. The van der Waals surface area contributed by atoms with Gasteiger partial charge in [-0.3, -0.25) is 5.32 Å². The van der Waals surface area contributed by atoms with Crippen molar-refractivity contribution >= 4 is 33.4 Å². The van der Waals surface area contributed by atoms with Crippen LogP contribution in [-0.4, -0.2) is 18.2 Å². The number of rotatable bonds is 2. The van der Waals surface area contributed by atoms with E-state index in [-0.39, 0.29) is 6.23 Å². The average Bonchev–Trinajstić information content (AvgIpc) is 2.90. The molecule has 1 aliphatic heterocycles. The van der Waals surface area contributed by atoms with Crippen molar-refractivity contribution in [3.63, 3.8) is 0 Å². The number of nitrogens with one attached hydrogen (secondary N) is 2. The number of hydrogen-bond acceptors (Lipinski definition) is 5. The van der Waals surface area contributed by atoms with Crippen LogP contribution >= 0.6 is 15.9 Å². The number of carbonyl (C=O) groups is 1. The van der Waals surface area contributed by atoms with Crippen LogP contribution in [0.25, 0.3) is 0 Å². The molecule has 1 unspecified atom stereocenters. The molecule has 1 atom stereocenters. The summed E-state index contributed by atoms with van der Waals surface area (Å²) in [5, 5.41) is 5.86. The highest BCUT2D eigenvalue weighted by Gasteiger charge is 2.24. The molecule has 2 aromatic rings. The van der Waals surface area contributed by atoms with Gasteiger partial charge in [0, 0.05) is 17.4 Å². The summed E-state index contributed by atoms with van der Waals surface area (Å²) in [5.74, 6) is 0.725. The fraction of sp³-hybridized carbons (Fsp3) is 0.143. The zero-order chi connectivity index (χ0) is 14.8. The molecule has 1 aliphatic rings. The van der Waals surface area contributed by atoms with Gasteiger partial charge < -0.3 is 14.8 Å². The molecule has 0 fully saturated rings.